The third-order valence-electron chi connectivity index (χ3n) is 5.60. The highest BCUT2D eigenvalue weighted by molar-refractivity contribution is 6.10. The lowest BCUT2D eigenvalue weighted by atomic mass is 10.1. The number of benzene rings is 3. The number of hydrogen-bond acceptors (Lipinski definition) is 5. The Labute approximate surface area is 221 Å². The van der Waals surface area contributed by atoms with E-state index in [-0.39, 0.29) is 28.3 Å². The SMILES string of the molecule is CCCCOc1ccc(F)cc1NC(=O)c1ccc(OC)c(C(=O)Nc2cc(F)ccc2OCCCC)c1. The van der Waals surface area contributed by atoms with Gasteiger partial charge in [0.1, 0.15) is 28.9 Å². The number of halogens is 2. The summed E-state index contributed by atoms with van der Waals surface area (Å²) in [6.45, 7) is 4.86. The van der Waals surface area contributed by atoms with Crippen LogP contribution in [0.5, 0.6) is 17.2 Å². The number of amides is 2. The highest BCUT2D eigenvalue weighted by Gasteiger charge is 2.19. The van der Waals surface area contributed by atoms with Crippen LogP contribution >= 0.6 is 0 Å². The van der Waals surface area contributed by atoms with Crippen molar-refractivity contribution in [2.75, 3.05) is 31.0 Å². The van der Waals surface area contributed by atoms with E-state index in [1.807, 2.05) is 13.8 Å². The highest BCUT2D eigenvalue weighted by Crippen LogP contribution is 2.29. The fourth-order valence-electron chi connectivity index (χ4n) is 3.52. The molecule has 0 radical (unpaired) electrons. The van der Waals surface area contributed by atoms with Crippen molar-refractivity contribution >= 4 is 23.2 Å². The maximum atomic E-state index is 13.9. The number of carbonyl (C=O) groups is 2. The minimum atomic E-state index is -0.628. The van der Waals surface area contributed by atoms with Gasteiger partial charge in [0.25, 0.3) is 11.8 Å². The van der Waals surface area contributed by atoms with Gasteiger partial charge in [0.15, 0.2) is 0 Å². The Morgan fingerprint density at radius 3 is 1.71 bits per heavy atom. The van der Waals surface area contributed by atoms with Crippen molar-refractivity contribution in [3.63, 3.8) is 0 Å². The van der Waals surface area contributed by atoms with Gasteiger partial charge in [0, 0.05) is 17.7 Å². The number of hydrogen-bond donors (Lipinski definition) is 2. The summed E-state index contributed by atoms with van der Waals surface area (Å²) in [6.07, 6.45) is 3.43. The lowest BCUT2D eigenvalue weighted by Gasteiger charge is -2.15. The van der Waals surface area contributed by atoms with Crippen LogP contribution < -0.4 is 24.8 Å². The molecule has 2 N–H and O–H groups in total. The second kappa shape index (κ2) is 14.0. The smallest absolute Gasteiger partial charge is 0.259 e. The number of methoxy groups -OCH3 is 1. The normalized spacial score (nSPS) is 10.6. The average molecular weight is 527 g/mol. The van der Waals surface area contributed by atoms with Crippen molar-refractivity contribution in [3.8, 4) is 17.2 Å². The summed E-state index contributed by atoms with van der Waals surface area (Å²) in [4.78, 5) is 26.3. The molecule has 2 amide bonds. The molecule has 0 aromatic heterocycles. The van der Waals surface area contributed by atoms with Gasteiger partial charge in [-0.25, -0.2) is 8.78 Å². The fourth-order valence-corrected chi connectivity index (χ4v) is 3.52. The zero-order chi connectivity index (χ0) is 27.5. The molecule has 0 heterocycles. The lowest BCUT2D eigenvalue weighted by Crippen LogP contribution is -2.17. The number of nitrogens with one attached hydrogen (secondary N) is 2. The van der Waals surface area contributed by atoms with Crippen LogP contribution in [0.25, 0.3) is 0 Å². The molecule has 0 spiro atoms. The van der Waals surface area contributed by atoms with Gasteiger partial charge in [0.05, 0.1) is 37.3 Å². The molecule has 0 fully saturated rings. The van der Waals surface area contributed by atoms with Crippen molar-refractivity contribution in [2.45, 2.75) is 39.5 Å². The van der Waals surface area contributed by atoms with Crippen LogP contribution in [-0.4, -0.2) is 32.1 Å². The van der Waals surface area contributed by atoms with E-state index in [9.17, 15) is 18.4 Å². The van der Waals surface area contributed by atoms with Gasteiger partial charge >= 0.3 is 0 Å². The number of ether oxygens (including phenoxy) is 3. The highest BCUT2D eigenvalue weighted by atomic mass is 19.1. The summed E-state index contributed by atoms with van der Waals surface area (Å²) in [5, 5.41) is 5.29. The summed E-state index contributed by atoms with van der Waals surface area (Å²) >= 11 is 0. The van der Waals surface area contributed by atoms with Gasteiger partial charge in [-0.15, -0.1) is 0 Å². The van der Waals surface area contributed by atoms with E-state index in [0.717, 1.165) is 31.7 Å². The second-order valence-corrected chi connectivity index (χ2v) is 8.51. The van der Waals surface area contributed by atoms with Crippen LogP contribution in [0.3, 0.4) is 0 Å². The van der Waals surface area contributed by atoms with Crippen molar-refractivity contribution in [1.82, 2.24) is 0 Å². The third kappa shape index (κ3) is 7.68. The summed E-state index contributed by atoms with van der Waals surface area (Å²) in [6, 6.07) is 12.0. The molecule has 3 aromatic carbocycles. The summed E-state index contributed by atoms with van der Waals surface area (Å²) in [7, 11) is 1.39. The first-order valence-electron chi connectivity index (χ1n) is 12.5. The van der Waals surface area contributed by atoms with Crippen LogP contribution in [0, 0.1) is 11.6 Å². The Bertz CT molecular complexity index is 1270. The lowest BCUT2D eigenvalue weighted by molar-refractivity contribution is 0.102. The third-order valence-corrected chi connectivity index (χ3v) is 5.60. The number of unbranched alkanes of at least 4 members (excludes halogenated alkanes) is 2. The molecule has 0 unspecified atom stereocenters. The topological polar surface area (TPSA) is 85.9 Å². The molecule has 9 heteroatoms. The van der Waals surface area contributed by atoms with Crippen LogP contribution in [0.15, 0.2) is 54.6 Å². The van der Waals surface area contributed by atoms with Crippen LogP contribution in [-0.2, 0) is 0 Å². The molecular weight excluding hydrogens is 494 g/mol. The van der Waals surface area contributed by atoms with E-state index in [1.165, 1.54) is 55.6 Å². The van der Waals surface area contributed by atoms with E-state index in [1.54, 1.807) is 0 Å². The van der Waals surface area contributed by atoms with E-state index >= 15 is 0 Å². The molecule has 0 aliphatic rings. The Kier molecular flexibility index (Phi) is 10.5. The standard InChI is InChI=1S/C29H32F2N2O5/c1-4-6-14-37-26-12-9-20(30)17-23(26)32-28(34)19-8-11-25(36-3)22(16-19)29(35)33-24-18-21(31)10-13-27(24)38-15-7-5-2/h8-13,16-18H,4-7,14-15H2,1-3H3,(H,32,34)(H,33,35). The molecular formula is C29H32F2N2O5. The molecule has 3 rings (SSSR count). The summed E-state index contributed by atoms with van der Waals surface area (Å²) < 4.78 is 44.5. The Balaban J connectivity index is 1.84. The molecule has 0 saturated heterocycles. The Hall–Kier alpha value is -4.14. The fraction of sp³-hybridized carbons (Fsp3) is 0.310. The summed E-state index contributed by atoms with van der Waals surface area (Å²) in [5.74, 6) is -1.43. The van der Waals surface area contributed by atoms with Gasteiger partial charge in [-0.05, 0) is 55.3 Å². The maximum absolute atomic E-state index is 13.9. The molecule has 0 aliphatic carbocycles. The number of rotatable bonds is 13. The van der Waals surface area contributed by atoms with Crippen LogP contribution in [0.1, 0.15) is 60.2 Å². The number of anilines is 2. The Morgan fingerprint density at radius 2 is 1.21 bits per heavy atom. The molecule has 202 valence electrons. The van der Waals surface area contributed by atoms with E-state index in [2.05, 4.69) is 10.6 Å². The van der Waals surface area contributed by atoms with Crippen molar-refractivity contribution < 1.29 is 32.6 Å². The van der Waals surface area contributed by atoms with E-state index in [0.29, 0.717) is 24.7 Å². The zero-order valence-electron chi connectivity index (χ0n) is 21.7. The van der Waals surface area contributed by atoms with Gasteiger partial charge < -0.3 is 24.8 Å². The van der Waals surface area contributed by atoms with Crippen molar-refractivity contribution in [2.24, 2.45) is 0 Å². The van der Waals surface area contributed by atoms with Crippen LogP contribution in [0.4, 0.5) is 20.2 Å². The van der Waals surface area contributed by atoms with Gasteiger partial charge in [-0.3, -0.25) is 9.59 Å². The van der Waals surface area contributed by atoms with Crippen molar-refractivity contribution in [1.29, 1.82) is 0 Å². The Morgan fingerprint density at radius 1 is 0.711 bits per heavy atom. The van der Waals surface area contributed by atoms with Gasteiger partial charge in [-0.1, -0.05) is 26.7 Å². The first-order valence-corrected chi connectivity index (χ1v) is 12.5. The quantitative estimate of drug-likeness (QED) is 0.238. The molecule has 0 saturated carbocycles. The second-order valence-electron chi connectivity index (χ2n) is 8.51. The monoisotopic (exact) mass is 526 g/mol. The molecule has 0 bridgehead atoms. The first kappa shape index (κ1) is 28.4. The van der Waals surface area contributed by atoms with Gasteiger partial charge in [0.2, 0.25) is 0 Å². The van der Waals surface area contributed by atoms with Gasteiger partial charge in [-0.2, -0.15) is 0 Å². The molecule has 7 nitrogen and oxygen atoms in total. The van der Waals surface area contributed by atoms with E-state index in [4.69, 9.17) is 14.2 Å². The van der Waals surface area contributed by atoms with E-state index < -0.39 is 23.4 Å². The minimum absolute atomic E-state index is 0.0441. The average Bonchev–Trinajstić information content (AvgIpc) is 2.91. The molecule has 38 heavy (non-hydrogen) atoms. The summed E-state index contributed by atoms with van der Waals surface area (Å²) in [5.41, 5.74) is 0.485. The van der Waals surface area contributed by atoms with Crippen molar-refractivity contribution in [3.05, 3.63) is 77.4 Å². The molecule has 0 atom stereocenters. The number of carbonyl (C=O) groups excluding carboxylic acids is 2. The first-order chi connectivity index (χ1) is 18.4. The largest absolute Gasteiger partial charge is 0.496 e. The predicted octanol–water partition coefficient (Wildman–Crippen LogP) is 6.84. The molecule has 0 aliphatic heterocycles. The van der Waals surface area contributed by atoms with Crippen LogP contribution in [0.2, 0.25) is 0 Å². The predicted molar refractivity (Wildman–Crippen MR) is 143 cm³/mol. The zero-order valence-corrected chi connectivity index (χ0v) is 21.7. The maximum Gasteiger partial charge on any atom is 0.259 e. The molecule has 3 aromatic rings. The minimum Gasteiger partial charge on any atom is -0.496 e.